The lowest BCUT2D eigenvalue weighted by molar-refractivity contribution is -0.118. The molecule has 1 amide bonds. The number of hydrogen-bond acceptors (Lipinski definition) is 3. The Morgan fingerprint density at radius 3 is 3.00 bits per heavy atom. The van der Waals surface area contributed by atoms with E-state index in [0.29, 0.717) is 30.4 Å². The second-order valence-electron chi connectivity index (χ2n) is 5.71. The minimum Gasteiger partial charge on any atom is -0.330 e. The zero-order valence-electron chi connectivity index (χ0n) is 12.6. The monoisotopic (exact) mass is 293 g/mol. The number of halogens is 1. The van der Waals surface area contributed by atoms with E-state index in [1.807, 2.05) is 0 Å². The normalized spacial score (nSPS) is 19.5. The van der Waals surface area contributed by atoms with Crippen molar-refractivity contribution in [3.63, 3.8) is 0 Å². The highest BCUT2D eigenvalue weighted by atomic mass is 19.1. The summed E-state index contributed by atoms with van der Waals surface area (Å²) in [5.41, 5.74) is 6.72. The van der Waals surface area contributed by atoms with Crippen molar-refractivity contribution in [1.82, 2.24) is 4.90 Å². The van der Waals surface area contributed by atoms with Crippen molar-refractivity contribution in [3.05, 3.63) is 29.6 Å². The summed E-state index contributed by atoms with van der Waals surface area (Å²) < 4.78 is 13.5. The zero-order chi connectivity index (χ0) is 15.2. The first kappa shape index (κ1) is 15.9. The van der Waals surface area contributed by atoms with E-state index in [0.717, 1.165) is 25.8 Å². The van der Waals surface area contributed by atoms with Gasteiger partial charge in [-0.2, -0.15) is 0 Å². The molecule has 0 aliphatic carbocycles. The number of aryl methyl sites for hydroxylation is 1. The molecule has 116 valence electrons. The van der Waals surface area contributed by atoms with E-state index in [4.69, 9.17) is 5.73 Å². The van der Waals surface area contributed by atoms with Gasteiger partial charge in [0.15, 0.2) is 0 Å². The molecular formula is C16H24FN3O. The third kappa shape index (κ3) is 4.51. The molecule has 21 heavy (non-hydrogen) atoms. The van der Waals surface area contributed by atoms with Crippen LogP contribution in [0.1, 0.15) is 31.2 Å². The number of amides is 1. The molecule has 0 spiro atoms. The first-order chi connectivity index (χ1) is 10.1. The molecule has 1 aliphatic rings. The van der Waals surface area contributed by atoms with Gasteiger partial charge in [-0.05, 0) is 57.0 Å². The molecule has 1 aromatic carbocycles. The average molecular weight is 293 g/mol. The number of nitrogens with zero attached hydrogens (tertiary/aromatic N) is 1. The highest BCUT2D eigenvalue weighted by Crippen LogP contribution is 2.19. The van der Waals surface area contributed by atoms with E-state index in [9.17, 15) is 9.18 Å². The number of rotatable bonds is 5. The molecule has 1 unspecified atom stereocenters. The maximum Gasteiger partial charge on any atom is 0.238 e. The van der Waals surface area contributed by atoms with Crippen LogP contribution in [-0.4, -0.2) is 36.5 Å². The summed E-state index contributed by atoms with van der Waals surface area (Å²) in [6.07, 6.45) is 4.34. The first-order valence-electron chi connectivity index (χ1n) is 7.60. The highest BCUT2D eigenvalue weighted by Gasteiger charge is 2.23. The number of piperidine rings is 1. The van der Waals surface area contributed by atoms with Crippen molar-refractivity contribution >= 4 is 11.6 Å². The van der Waals surface area contributed by atoms with Crippen molar-refractivity contribution in [2.75, 3.05) is 25.0 Å². The minimum absolute atomic E-state index is 0.0952. The van der Waals surface area contributed by atoms with Crippen LogP contribution in [-0.2, 0) is 4.79 Å². The summed E-state index contributed by atoms with van der Waals surface area (Å²) in [6, 6.07) is 5.15. The lowest BCUT2D eigenvalue weighted by Crippen LogP contribution is -2.44. The molecule has 1 fully saturated rings. The Morgan fingerprint density at radius 1 is 1.48 bits per heavy atom. The van der Waals surface area contributed by atoms with Crippen molar-refractivity contribution in [3.8, 4) is 0 Å². The van der Waals surface area contributed by atoms with Crippen molar-refractivity contribution in [2.24, 2.45) is 5.73 Å². The van der Waals surface area contributed by atoms with Crippen molar-refractivity contribution in [2.45, 2.75) is 38.6 Å². The van der Waals surface area contributed by atoms with E-state index < -0.39 is 0 Å². The third-order valence-electron chi connectivity index (χ3n) is 4.05. The number of carbonyl (C=O) groups is 1. The molecule has 0 bridgehead atoms. The number of hydrogen-bond donors (Lipinski definition) is 2. The second kappa shape index (κ2) is 7.52. The Hall–Kier alpha value is -1.46. The Bertz CT molecular complexity index is 490. The molecule has 1 heterocycles. The van der Waals surface area contributed by atoms with Gasteiger partial charge in [0, 0.05) is 11.7 Å². The van der Waals surface area contributed by atoms with Crippen LogP contribution in [0.5, 0.6) is 0 Å². The van der Waals surface area contributed by atoms with Crippen LogP contribution >= 0.6 is 0 Å². The zero-order valence-corrected chi connectivity index (χ0v) is 12.6. The van der Waals surface area contributed by atoms with Gasteiger partial charge in [0.2, 0.25) is 5.91 Å². The minimum atomic E-state index is -0.299. The summed E-state index contributed by atoms with van der Waals surface area (Å²) in [5, 5.41) is 2.77. The fourth-order valence-corrected chi connectivity index (χ4v) is 2.84. The molecule has 1 aliphatic heterocycles. The molecule has 1 saturated heterocycles. The number of likely N-dealkylation sites (tertiary alicyclic amines) is 1. The van der Waals surface area contributed by atoms with E-state index >= 15 is 0 Å². The molecule has 1 atom stereocenters. The van der Waals surface area contributed by atoms with Crippen LogP contribution in [0.4, 0.5) is 10.1 Å². The van der Waals surface area contributed by atoms with Crippen LogP contribution in [0.2, 0.25) is 0 Å². The molecule has 3 N–H and O–H groups in total. The SMILES string of the molecule is Cc1ccc(NC(=O)CN2CCCCC2CCN)cc1F. The lowest BCUT2D eigenvalue weighted by atomic mass is 9.99. The topological polar surface area (TPSA) is 58.4 Å². The third-order valence-corrected chi connectivity index (χ3v) is 4.05. The number of benzene rings is 1. The molecule has 0 aromatic heterocycles. The molecule has 2 rings (SSSR count). The molecule has 1 aromatic rings. The number of nitrogens with one attached hydrogen (secondary N) is 1. The van der Waals surface area contributed by atoms with Crippen LogP contribution in [0.3, 0.4) is 0 Å². The van der Waals surface area contributed by atoms with Gasteiger partial charge in [0.05, 0.1) is 6.54 Å². The smallest absolute Gasteiger partial charge is 0.238 e. The van der Waals surface area contributed by atoms with Gasteiger partial charge in [-0.1, -0.05) is 12.5 Å². The number of anilines is 1. The molecular weight excluding hydrogens is 269 g/mol. The summed E-state index contributed by atoms with van der Waals surface area (Å²) >= 11 is 0. The Labute approximate surface area is 125 Å². The van der Waals surface area contributed by atoms with Crippen molar-refractivity contribution in [1.29, 1.82) is 0 Å². The quantitative estimate of drug-likeness (QED) is 0.875. The van der Waals surface area contributed by atoms with Gasteiger partial charge in [-0.3, -0.25) is 9.69 Å². The molecule has 0 radical (unpaired) electrons. The average Bonchev–Trinajstić information content (AvgIpc) is 2.45. The largest absolute Gasteiger partial charge is 0.330 e. The molecule has 0 saturated carbocycles. The van der Waals surface area contributed by atoms with Gasteiger partial charge >= 0.3 is 0 Å². The Balaban J connectivity index is 1.92. The fraction of sp³-hybridized carbons (Fsp3) is 0.562. The van der Waals surface area contributed by atoms with Gasteiger partial charge in [0.1, 0.15) is 5.82 Å². The van der Waals surface area contributed by atoms with Crippen LogP contribution in [0, 0.1) is 12.7 Å². The van der Waals surface area contributed by atoms with Gasteiger partial charge in [-0.25, -0.2) is 4.39 Å². The van der Waals surface area contributed by atoms with Gasteiger partial charge < -0.3 is 11.1 Å². The second-order valence-corrected chi connectivity index (χ2v) is 5.71. The van der Waals surface area contributed by atoms with E-state index in [2.05, 4.69) is 10.2 Å². The van der Waals surface area contributed by atoms with Gasteiger partial charge in [-0.15, -0.1) is 0 Å². The van der Waals surface area contributed by atoms with Crippen molar-refractivity contribution < 1.29 is 9.18 Å². The number of nitrogens with two attached hydrogens (primary N) is 1. The Kier molecular flexibility index (Phi) is 5.70. The summed E-state index contributed by atoms with van der Waals surface area (Å²) in [7, 11) is 0. The highest BCUT2D eigenvalue weighted by molar-refractivity contribution is 5.92. The standard InChI is InChI=1S/C16H24FN3O/c1-12-5-6-13(10-15(12)17)19-16(21)11-20-9-3-2-4-14(20)7-8-18/h5-6,10,14H,2-4,7-9,11,18H2,1H3,(H,19,21). The molecule has 4 nitrogen and oxygen atoms in total. The van der Waals surface area contributed by atoms with E-state index in [1.165, 1.54) is 12.5 Å². The lowest BCUT2D eigenvalue weighted by Gasteiger charge is -2.35. The summed E-state index contributed by atoms with van der Waals surface area (Å²) in [5.74, 6) is -0.394. The van der Waals surface area contributed by atoms with E-state index in [1.54, 1.807) is 19.1 Å². The number of carbonyl (C=O) groups excluding carboxylic acids is 1. The maximum atomic E-state index is 13.5. The predicted octanol–water partition coefficient (Wildman–Crippen LogP) is 2.28. The Morgan fingerprint density at radius 2 is 2.29 bits per heavy atom. The van der Waals surface area contributed by atoms with E-state index in [-0.39, 0.29) is 11.7 Å². The first-order valence-corrected chi connectivity index (χ1v) is 7.60. The van der Waals surface area contributed by atoms with Crippen LogP contribution in [0.25, 0.3) is 0 Å². The van der Waals surface area contributed by atoms with Crippen LogP contribution < -0.4 is 11.1 Å². The van der Waals surface area contributed by atoms with Gasteiger partial charge in [0.25, 0.3) is 0 Å². The maximum absolute atomic E-state index is 13.5. The summed E-state index contributed by atoms with van der Waals surface area (Å²) in [4.78, 5) is 14.3. The molecule has 5 heteroatoms. The van der Waals surface area contributed by atoms with Crippen LogP contribution in [0.15, 0.2) is 18.2 Å². The summed E-state index contributed by atoms with van der Waals surface area (Å²) in [6.45, 7) is 3.62. The predicted molar refractivity (Wildman–Crippen MR) is 82.7 cm³/mol. The fourth-order valence-electron chi connectivity index (χ4n) is 2.84.